The van der Waals surface area contributed by atoms with Gasteiger partial charge in [-0.05, 0) is 68.0 Å². The van der Waals surface area contributed by atoms with Gasteiger partial charge in [0.25, 0.3) is 5.56 Å². The fourth-order valence-electron chi connectivity index (χ4n) is 4.47. The molecule has 0 fully saturated rings. The van der Waals surface area contributed by atoms with Crippen molar-refractivity contribution in [2.24, 2.45) is 0 Å². The van der Waals surface area contributed by atoms with E-state index in [4.69, 9.17) is 0 Å². The van der Waals surface area contributed by atoms with Crippen LogP contribution in [0.15, 0.2) is 70.4 Å². The van der Waals surface area contributed by atoms with E-state index in [1.165, 1.54) is 4.31 Å². The average Bonchev–Trinajstić information content (AvgIpc) is 3.30. The Bertz CT molecular complexity index is 1760. The molecule has 0 bridgehead atoms. The molecule has 0 amide bonds. The number of pyridine rings is 1. The summed E-state index contributed by atoms with van der Waals surface area (Å²) in [7, 11) is -4.00. The average molecular weight is 519 g/mol. The molecule has 0 unspecified atom stereocenters. The fraction of sp³-hybridized carbons (Fsp3) is 0.222. The number of benzene rings is 3. The van der Waals surface area contributed by atoms with E-state index in [-0.39, 0.29) is 23.5 Å². The number of hydrogen-bond acceptors (Lipinski definition) is 6. The minimum absolute atomic E-state index is 0.0548. The highest BCUT2D eigenvalue weighted by atomic mass is 32.2. The van der Waals surface area contributed by atoms with Crippen LogP contribution >= 0.6 is 11.7 Å². The zero-order valence-electron chi connectivity index (χ0n) is 20.3. The SMILES string of the molecule is Cc1cccc(CCN(Cc2cc3cc(C)ccc3[nH]c2=O)S(=O)(=O)c2c(C)ccc3nsnc23)c1. The van der Waals surface area contributed by atoms with Crippen molar-refractivity contribution in [1.82, 2.24) is 18.0 Å². The Hall–Kier alpha value is -3.40. The second-order valence-electron chi connectivity index (χ2n) is 9.14. The molecule has 36 heavy (non-hydrogen) atoms. The maximum absolute atomic E-state index is 14.1. The van der Waals surface area contributed by atoms with Crippen molar-refractivity contribution in [3.63, 3.8) is 0 Å². The maximum atomic E-state index is 14.1. The Balaban J connectivity index is 1.60. The molecule has 0 spiro atoms. The topological polar surface area (TPSA) is 96.0 Å². The van der Waals surface area contributed by atoms with Gasteiger partial charge in [0.05, 0.1) is 11.7 Å². The monoisotopic (exact) mass is 518 g/mol. The summed E-state index contributed by atoms with van der Waals surface area (Å²) in [6.07, 6.45) is 0.510. The number of nitrogens with zero attached hydrogens (tertiary/aromatic N) is 3. The van der Waals surface area contributed by atoms with Gasteiger partial charge in [0.1, 0.15) is 15.9 Å². The fourth-order valence-corrected chi connectivity index (χ4v) is 6.84. The summed E-state index contributed by atoms with van der Waals surface area (Å²) in [4.78, 5) is 16.0. The summed E-state index contributed by atoms with van der Waals surface area (Å²) >= 11 is 0.987. The number of sulfonamides is 1. The number of fused-ring (bicyclic) bond motifs is 2. The summed E-state index contributed by atoms with van der Waals surface area (Å²) in [5.74, 6) is 0. The zero-order chi connectivity index (χ0) is 25.4. The summed E-state index contributed by atoms with van der Waals surface area (Å²) in [6.45, 7) is 5.91. The number of aromatic amines is 1. The van der Waals surface area contributed by atoms with Crippen LogP contribution in [-0.4, -0.2) is 33.0 Å². The largest absolute Gasteiger partial charge is 0.322 e. The van der Waals surface area contributed by atoms with Gasteiger partial charge in [-0.1, -0.05) is 47.5 Å². The molecule has 3 aromatic carbocycles. The van der Waals surface area contributed by atoms with Crippen LogP contribution in [0.25, 0.3) is 21.9 Å². The highest BCUT2D eigenvalue weighted by Crippen LogP contribution is 2.29. The van der Waals surface area contributed by atoms with Gasteiger partial charge in [-0.3, -0.25) is 4.79 Å². The predicted molar refractivity (Wildman–Crippen MR) is 144 cm³/mol. The van der Waals surface area contributed by atoms with Gasteiger partial charge in [-0.15, -0.1) is 0 Å². The van der Waals surface area contributed by atoms with Gasteiger partial charge in [-0.2, -0.15) is 13.1 Å². The van der Waals surface area contributed by atoms with Gasteiger partial charge < -0.3 is 4.98 Å². The number of rotatable bonds is 7. The van der Waals surface area contributed by atoms with Gasteiger partial charge in [0, 0.05) is 24.2 Å². The molecule has 0 aliphatic rings. The molecule has 0 saturated heterocycles. The zero-order valence-corrected chi connectivity index (χ0v) is 21.9. The van der Waals surface area contributed by atoms with Crippen LogP contribution in [-0.2, 0) is 23.0 Å². The van der Waals surface area contributed by atoms with Crippen molar-refractivity contribution in [3.05, 3.63) is 98.8 Å². The summed E-state index contributed by atoms with van der Waals surface area (Å²) in [5.41, 5.74) is 5.51. The Labute approximate surface area is 213 Å². The molecule has 0 aliphatic carbocycles. The second kappa shape index (κ2) is 9.57. The standard InChI is InChI=1S/C27H26N4O3S2/c1-17-5-4-6-20(13-17)11-12-31(16-22-15-21-14-18(2)7-9-23(21)28-27(22)32)36(33,34)26-19(3)8-10-24-25(26)30-35-29-24/h4-10,13-15H,11-12,16H2,1-3H3,(H,28,32). The molecule has 5 aromatic rings. The van der Waals surface area contributed by atoms with E-state index in [9.17, 15) is 13.2 Å². The van der Waals surface area contributed by atoms with E-state index in [0.717, 1.165) is 39.3 Å². The van der Waals surface area contributed by atoms with Crippen LogP contribution in [0.5, 0.6) is 0 Å². The number of nitrogens with one attached hydrogen (secondary N) is 1. The van der Waals surface area contributed by atoms with Crippen molar-refractivity contribution in [1.29, 1.82) is 0 Å². The summed E-state index contributed by atoms with van der Waals surface area (Å²) in [5, 5.41) is 0.864. The van der Waals surface area contributed by atoms with Crippen LogP contribution in [0.3, 0.4) is 0 Å². The quantitative estimate of drug-likeness (QED) is 0.331. The van der Waals surface area contributed by atoms with Gasteiger partial charge in [-0.25, -0.2) is 8.42 Å². The van der Waals surface area contributed by atoms with Crippen molar-refractivity contribution >= 4 is 43.7 Å². The Morgan fingerprint density at radius 2 is 1.75 bits per heavy atom. The van der Waals surface area contributed by atoms with E-state index in [2.05, 4.69) is 13.7 Å². The third kappa shape index (κ3) is 4.69. The minimum atomic E-state index is -4.00. The van der Waals surface area contributed by atoms with Gasteiger partial charge in [0.15, 0.2) is 0 Å². The maximum Gasteiger partial charge on any atom is 0.252 e. The van der Waals surface area contributed by atoms with E-state index >= 15 is 0 Å². The molecule has 0 saturated carbocycles. The van der Waals surface area contributed by atoms with E-state index in [1.54, 1.807) is 25.1 Å². The highest BCUT2D eigenvalue weighted by Gasteiger charge is 2.30. The molecular weight excluding hydrogens is 492 g/mol. The Kier molecular flexibility index (Phi) is 6.46. The lowest BCUT2D eigenvalue weighted by Crippen LogP contribution is -2.35. The van der Waals surface area contributed by atoms with Crippen molar-refractivity contribution in [2.45, 2.75) is 38.6 Å². The number of aromatic nitrogens is 3. The third-order valence-corrected chi connectivity index (χ3v) is 8.90. The first-order valence-electron chi connectivity index (χ1n) is 11.6. The minimum Gasteiger partial charge on any atom is -0.322 e. The molecule has 0 aliphatic heterocycles. The van der Waals surface area contributed by atoms with Crippen LogP contribution in [0.1, 0.15) is 27.8 Å². The molecular formula is C27H26N4O3S2. The molecule has 184 valence electrons. The summed E-state index contributed by atoms with van der Waals surface area (Å²) < 4.78 is 38.2. The summed E-state index contributed by atoms with van der Waals surface area (Å²) in [6, 6.07) is 19.1. The molecule has 2 aromatic heterocycles. The smallest absolute Gasteiger partial charge is 0.252 e. The Morgan fingerprint density at radius 1 is 0.944 bits per heavy atom. The molecule has 2 heterocycles. The Morgan fingerprint density at radius 3 is 2.56 bits per heavy atom. The molecule has 5 rings (SSSR count). The number of H-pyrrole nitrogens is 1. The van der Waals surface area contributed by atoms with E-state index in [1.807, 2.05) is 56.3 Å². The van der Waals surface area contributed by atoms with Crippen molar-refractivity contribution in [2.75, 3.05) is 6.54 Å². The van der Waals surface area contributed by atoms with Crippen LogP contribution < -0.4 is 5.56 Å². The van der Waals surface area contributed by atoms with Crippen LogP contribution in [0, 0.1) is 20.8 Å². The lowest BCUT2D eigenvalue weighted by atomic mass is 10.1. The molecule has 9 heteroatoms. The normalized spacial score (nSPS) is 12.1. The van der Waals surface area contributed by atoms with Crippen LogP contribution in [0.2, 0.25) is 0 Å². The number of aryl methyl sites for hydroxylation is 3. The lowest BCUT2D eigenvalue weighted by Gasteiger charge is -2.23. The first-order chi connectivity index (χ1) is 17.2. The lowest BCUT2D eigenvalue weighted by molar-refractivity contribution is 0.408. The third-order valence-electron chi connectivity index (χ3n) is 6.33. The van der Waals surface area contributed by atoms with E-state index < -0.39 is 10.0 Å². The first kappa shape index (κ1) is 24.3. The molecule has 0 atom stereocenters. The second-order valence-corrected chi connectivity index (χ2v) is 11.5. The first-order valence-corrected chi connectivity index (χ1v) is 13.8. The van der Waals surface area contributed by atoms with Gasteiger partial charge in [0.2, 0.25) is 10.0 Å². The van der Waals surface area contributed by atoms with Crippen molar-refractivity contribution in [3.8, 4) is 0 Å². The molecule has 0 radical (unpaired) electrons. The molecule has 1 N–H and O–H groups in total. The van der Waals surface area contributed by atoms with Gasteiger partial charge >= 0.3 is 0 Å². The van der Waals surface area contributed by atoms with E-state index in [0.29, 0.717) is 28.6 Å². The highest BCUT2D eigenvalue weighted by molar-refractivity contribution is 7.89. The molecule has 7 nitrogen and oxygen atoms in total. The van der Waals surface area contributed by atoms with Crippen LogP contribution in [0.4, 0.5) is 0 Å². The van der Waals surface area contributed by atoms with Crippen molar-refractivity contribution < 1.29 is 8.42 Å². The number of hydrogen-bond donors (Lipinski definition) is 1. The predicted octanol–water partition coefficient (Wildman–Crippen LogP) is 4.89.